The molecule has 3 rings (SSSR count). The number of ether oxygens (including phenoxy) is 1. The van der Waals surface area contributed by atoms with Gasteiger partial charge in [0.15, 0.2) is 0 Å². The van der Waals surface area contributed by atoms with Crippen LogP contribution in [0.15, 0.2) is 48.8 Å². The fourth-order valence-corrected chi connectivity index (χ4v) is 2.92. The van der Waals surface area contributed by atoms with Gasteiger partial charge in [-0.05, 0) is 31.0 Å². The molecule has 0 bridgehead atoms. The third-order valence-corrected chi connectivity index (χ3v) is 4.03. The lowest BCUT2D eigenvalue weighted by Gasteiger charge is -2.15. The van der Waals surface area contributed by atoms with E-state index in [4.69, 9.17) is 4.74 Å². The Balaban J connectivity index is 1.69. The summed E-state index contributed by atoms with van der Waals surface area (Å²) in [6, 6.07) is 11.3. The van der Waals surface area contributed by atoms with Gasteiger partial charge in [-0.2, -0.15) is 5.10 Å². The average molecular weight is 338 g/mol. The number of methoxy groups -OCH3 is 1. The molecule has 6 nitrogen and oxygen atoms in total. The van der Waals surface area contributed by atoms with Gasteiger partial charge in [0.2, 0.25) is 0 Å². The highest BCUT2D eigenvalue weighted by molar-refractivity contribution is 6.03. The van der Waals surface area contributed by atoms with Crippen LogP contribution in [0.25, 0.3) is 10.8 Å². The number of urea groups is 1. The normalized spacial score (nSPS) is 12.0. The van der Waals surface area contributed by atoms with E-state index in [0.717, 1.165) is 34.2 Å². The van der Waals surface area contributed by atoms with Crippen molar-refractivity contribution in [2.75, 3.05) is 12.4 Å². The Morgan fingerprint density at radius 1 is 1.24 bits per heavy atom. The number of aromatic nitrogens is 2. The quantitative estimate of drug-likeness (QED) is 0.750. The maximum absolute atomic E-state index is 12.3. The molecule has 0 saturated carbocycles. The van der Waals surface area contributed by atoms with Crippen molar-refractivity contribution < 1.29 is 9.53 Å². The van der Waals surface area contributed by atoms with Crippen LogP contribution in [-0.4, -0.2) is 29.0 Å². The molecule has 0 saturated heterocycles. The van der Waals surface area contributed by atoms with E-state index in [0.29, 0.717) is 0 Å². The van der Waals surface area contributed by atoms with Crippen molar-refractivity contribution in [1.29, 1.82) is 0 Å². The second-order valence-electron chi connectivity index (χ2n) is 6.09. The molecular formula is C19H22N4O2. The van der Waals surface area contributed by atoms with Crippen LogP contribution in [-0.2, 0) is 13.5 Å². The minimum absolute atomic E-state index is 0.00582. The van der Waals surface area contributed by atoms with Crippen LogP contribution >= 0.6 is 0 Å². The first-order valence-electron chi connectivity index (χ1n) is 8.17. The second-order valence-corrected chi connectivity index (χ2v) is 6.09. The van der Waals surface area contributed by atoms with E-state index >= 15 is 0 Å². The minimum Gasteiger partial charge on any atom is -0.496 e. The second kappa shape index (κ2) is 7.25. The van der Waals surface area contributed by atoms with Gasteiger partial charge < -0.3 is 15.4 Å². The summed E-state index contributed by atoms with van der Waals surface area (Å²) < 4.78 is 7.14. The molecule has 0 aliphatic heterocycles. The number of anilines is 1. The van der Waals surface area contributed by atoms with Gasteiger partial charge in [0, 0.05) is 30.1 Å². The number of benzene rings is 2. The third kappa shape index (κ3) is 3.91. The van der Waals surface area contributed by atoms with Crippen LogP contribution in [0.1, 0.15) is 12.5 Å². The number of fused-ring (bicyclic) bond motifs is 1. The van der Waals surface area contributed by atoms with Crippen LogP contribution in [0.5, 0.6) is 5.75 Å². The molecule has 1 unspecified atom stereocenters. The van der Waals surface area contributed by atoms with E-state index in [2.05, 4.69) is 15.7 Å². The van der Waals surface area contributed by atoms with Crippen molar-refractivity contribution in [2.45, 2.75) is 19.4 Å². The molecule has 0 spiro atoms. The minimum atomic E-state index is -0.230. The number of nitrogens with one attached hydrogen (secondary N) is 2. The summed E-state index contributed by atoms with van der Waals surface area (Å²) in [6.45, 7) is 1.97. The lowest BCUT2D eigenvalue weighted by Crippen LogP contribution is -2.37. The Morgan fingerprint density at radius 2 is 2.00 bits per heavy atom. The zero-order valence-corrected chi connectivity index (χ0v) is 14.6. The summed E-state index contributed by atoms with van der Waals surface area (Å²) in [6.07, 6.45) is 4.49. The Bertz CT molecular complexity index is 888. The van der Waals surface area contributed by atoms with Gasteiger partial charge in [0.1, 0.15) is 5.75 Å². The first-order chi connectivity index (χ1) is 12.1. The van der Waals surface area contributed by atoms with Gasteiger partial charge in [-0.25, -0.2) is 4.79 Å². The average Bonchev–Trinajstić information content (AvgIpc) is 2.99. The maximum atomic E-state index is 12.3. The van der Waals surface area contributed by atoms with Crippen molar-refractivity contribution in [1.82, 2.24) is 15.1 Å². The Morgan fingerprint density at radius 3 is 2.68 bits per heavy atom. The van der Waals surface area contributed by atoms with Gasteiger partial charge in [0.25, 0.3) is 0 Å². The lowest BCUT2D eigenvalue weighted by molar-refractivity contribution is 0.249. The van der Waals surface area contributed by atoms with Crippen molar-refractivity contribution in [3.8, 4) is 5.75 Å². The molecular weight excluding hydrogens is 316 g/mol. The van der Waals surface area contributed by atoms with Crippen molar-refractivity contribution >= 4 is 22.5 Å². The van der Waals surface area contributed by atoms with Crippen LogP contribution < -0.4 is 15.4 Å². The molecule has 0 aliphatic rings. The lowest BCUT2D eigenvalue weighted by atomic mass is 10.1. The van der Waals surface area contributed by atoms with Crippen molar-refractivity contribution in [2.24, 2.45) is 7.05 Å². The van der Waals surface area contributed by atoms with E-state index in [9.17, 15) is 4.79 Å². The zero-order valence-electron chi connectivity index (χ0n) is 14.6. The molecule has 0 fully saturated rings. The van der Waals surface area contributed by atoms with Crippen molar-refractivity contribution in [3.05, 3.63) is 54.4 Å². The molecule has 0 radical (unpaired) electrons. The molecule has 2 amide bonds. The number of hydrogen-bond acceptors (Lipinski definition) is 3. The summed E-state index contributed by atoms with van der Waals surface area (Å²) in [5.74, 6) is 0.784. The SMILES string of the molecule is COc1ccc(NC(=O)NC(C)Cc2cnn(C)c2)c2ccccc12. The summed E-state index contributed by atoms with van der Waals surface area (Å²) in [5.41, 5.74) is 1.84. The van der Waals surface area contributed by atoms with Crippen LogP contribution in [0.2, 0.25) is 0 Å². The highest BCUT2D eigenvalue weighted by atomic mass is 16.5. The molecule has 3 aromatic rings. The van der Waals surface area contributed by atoms with Gasteiger partial charge in [-0.15, -0.1) is 0 Å². The smallest absolute Gasteiger partial charge is 0.319 e. The van der Waals surface area contributed by atoms with E-state index in [1.165, 1.54) is 0 Å². The fourth-order valence-electron chi connectivity index (χ4n) is 2.92. The summed E-state index contributed by atoms with van der Waals surface area (Å²) in [7, 11) is 3.52. The number of rotatable bonds is 5. The number of carbonyl (C=O) groups excluding carboxylic acids is 1. The Hall–Kier alpha value is -3.02. The first-order valence-corrected chi connectivity index (χ1v) is 8.17. The van der Waals surface area contributed by atoms with Crippen molar-refractivity contribution in [3.63, 3.8) is 0 Å². The number of hydrogen-bond donors (Lipinski definition) is 2. The van der Waals surface area contributed by atoms with Crippen LogP contribution in [0, 0.1) is 0 Å². The highest BCUT2D eigenvalue weighted by Crippen LogP contribution is 2.31. The topological polar surface area (TPSA) is 68.2 Å². The standard InChI is InChI=1S/C19H22N4O2/c1-13(10-14-11-20-23(2)12-14)21-19(24)22-17-8-9-18(25-3)16-7-5-4-6-15(16)17/h4-9,11-13H,10H2,1-3H3,(H2,21,22,24). The molecule has 25 heavy (non-hydrogen) atoms. The molecule has 130 valence electrons. The predicted molar refractivity (Wildman–Crippen MR) is 99.0 cm³/mol. The summed E-state index contributed by atoms with van der Waals surface area (Å²) >= 11 is 0. The molecule has 6 heteroatoms. The number of aryl methyl sites for hydroxylation is 1. The summed E-state index contributed by atoms with van der Waals surface area (Å²) in [4.78, 5) is 12.3. The van der Waals surface area contributed by atoms with Crippen LogP contribution in [0.3, 0.4) is 0 Å². The molecule has 2 aromatic carbocycles. The number of carbonyl (C=O) groups is 1. The van der Waals surface area contributed by atoms with E-state index in [1.54, 1.807) is 11.8 Å². The zero-order chi connectivity index (χ0) is 17.8. The molecule has 1 atom stereocenters. The largest absolute Gasteiger partial charge is 0.496 e. The highest BCUT2D eigenvalue weighted by Gasteiger charge is 2.12. The molecule has 1 heterocycles. The van der Waals surface area contributed by atoms with Gasteiger partial charge in [0.05, 0.1) is 19.0 Å². The van der Waals surface area contributed by atoms with E-state index in [1.807, 2.05) is 62.8 Å². The molecule has 1 aromatic heterocycles. The van der Waals surface area contributed by atoms with Gasteiger partial charge >= 0.3 is 6.03 Å². The monoisotopic (exact) mass is 338 g/mol. The Kier molecular flexibility index (Phi) is 4.88. The third-order valence-electron chi connectivity index (χ3n) is 4.03. The van der Waals surface area contributed by atoms with Gasteiger partial charge in [-0.3, -0.25) is 4.68 Å². The van der Waals surface area contributed by atoms with Gasteiger partial charge in [-0.1, -0.05) is 24.3 Å². The first kappa shape index (κ1) is 16.8. The summed E-state index contributed by atoms with van der Waals surface area (Å²) in [5, 5.41) is 11.9. The van der Waals surface area contributed by atoms with Crippen LogP contribution in [0.4, 0.5) is 10.5 Å². The molecule has 0 aliphatic carbocycles. The van der Waals surface area contributed by atoms with E-state index in [-0.39, 0.29) is 12.1 Å². The predicted octanol–water partition coefficient (Wildman–Crippen LogP) is 3.33. The van der Waals surface area contributed by atoms with E-state index < -0.39 is 0 Å². The maximum Gasteiger partial charge on any atom is 0.319 e. The number of amides is 2. The Labute approximate surface area is 146 Å². The number of nitrogens with zero attached hydrogens (tertiary/aromatic N) is 2. The molecule has 2 N–H and O–H groups in total. The fraction of sp³-hybridized carbons (Fsp3) is 0.263.